The van der Waals surface area contributed by atoms with E-state index in [4.69, 9.17) is 0 Å². The lowest BCUT2D eigenvalue weighted by atomic mass is 9.90. The first-order valence-corrected chi connectivity index (χ1v) is 8.34. The second-order valence-corrected chi connectivity index (χ2v) is 6.17. The summed E-state index contributed by atoms with van der Waals surface area (Å²) in [6.45, 7) is 7.08. The van der Waals surface area contributed by atoms with Gasteiger partial charge in [0.1, 0.15) is 0 Å². The molecule has 120 valence electrons. The van der Waals surface area contributed by atoms with Crippen LogP contribution in [0.3, 0.4) is 0 Å². The van der Waals surface area contributed by atoms with E-state index in [1.165, 1.54) is 11.3 Å². The minimum atomic E-state index is 0.0869. The number of carbonyl (C=O) groups is 1. The molecule has 0 N–H and O–H groups in total. The lowest BCUT2D eigenvalue weighted by Gasteiger charge is -2.44. The maximum atomic E-state index is 12.4. The smallest absolute Gasteiger partial charge is 0.224 e. The van der Waals surface area contributed by atoms with Gasteiger partial charge in [-0.1, -0.05) is 36.4 Å². The molecule has 1 aliphatic rings. The normalized spacial score (nSPS) is 20.0. The van der Waals surface area contributed by atoms with Gasteiger partial charge < -0.3 is 9.80 Å². The summed E-state index contributed by atoms with van der Waals surface area (Å²) in [5.41, 5.74) is 3.46. The Kier molecular flexibility index (Phi) is 4.37. The number of para-hydroxylation sites is 2. The molecule has 0 aliphatic carbocycles. The Morgan fingerprint density at radius 1 is 1.13 bits per heavy atom. The average Bonchev–Trinajstić information content (AvgIpc) is 2.56. The molecule has 2 atom stereocenters. The van der Waals surface area contributed by atoms with E-state index in [9.17, 15) is 4.79 Å². The van der Waals surface area contributed by atoms with E-state index in [-0.39, 0.29) is 11.9 Å². The molecule has 0 radical (unpaired) electrons. The van der Waals surface area contributed by atoms with Gasteiger partial charge in [0, 0.05) is 30.9 Å². The van der Waals surface area contributed by atoms with Crippen LogP contribution in [0.25, 0.3) is 0 Å². The molecule has 3 heteroatoms. The third-order valence-electron chi connectivity index (χ3n) is 4.73. The van der Waals surface area contributed by atoms with Crippen molar-refractivity contribution in [1.29, 1.82) is 0 Å². The maximum Gasteiger partial charge on any atom is 0.224 e. The molecule has 0 saturated carbocycles. The number of rotatable bonds is 3. The molecule has 0 bridgehead atoms. The number of fused-ring (bicyclic) bond motifs is 1. The third-order valence-corrected chi connectivity index (χ3v) is 4.73. The van der Waals surface area contributed by atoms with Crippen LogP contribution in [0.1, 0.15) is 38.8 Å². The molecule has 3 nitrogen and oxygen atoms in total. The maximum absolute atomic E-state index is 12.4. The van der Waals surface area contributed by atoms with Crippen molar-refractivity contribution >= 4 is 17.3 Å². The van der Waals surface area contributed by atoms with E-state index in [1.807, 2.05) is 35.2 Å². The fraction of sp³-hybridized carbons (Fsp3) is 0.350. The molecule has 3 rings (SSSR count). The van der Waals surface area contributed by atoms with E-state index in [0.717, 1.165) is 18.7 Å². The minimum Gasteiger partial charge on any atom is -0.369 e. The lowest BCUT2D eigenvalue weighted by Crippen LogP contribution is -2.44. The largest absolute Gasteiger partial charge is 0.369 e. The fourth-order valence-corrected chi connectivity index (χ4v) is 3.74. The first kappa shape index (κ1) is 15.6. The summed E-state index contributed by atoms with van der Waals surface area (Å²) >= 11 is 0. The number of benzene rings is 2. The van der Waals surface area contributed by atoms with Crippen LogP contribution in [-0.4, -0.2) is 18.5 Å². The predicted molar refractivity (Wildman–Crippen MR) is 95.9 cm³/mol. The van der Waals surface area contributed by atoms with Gasteiger partial charge in [-0.15, -0.1) is 0 Å². The Morgan fingerprint density at radius 3 is 2.43 bits per heavy atom. The van der Waals surface area contributed by atoms with Crippen molar-refractivity contribution < 1.29 is 4.79 Å². The number of anilines is 2. The molecule has 1 heterocycles. The van der Waals surface area contributed by atoms with Gasteiger partial charge in [0.05, 0.1) is 6.04 Å². The Bertz CT molecular complexity index is 683. The zero-order valence-corrected chi connectivity index (χ0v) is 14.1. The van der Waals surface area contributed by atoms with Crippen molar-refractivity contribution in [1.82, 2.24) is 0 Å². The Labute approximate surface area is 138 Å². The topological polar surface area (TPSA) is 23.6 Å². The molecule has 0 unspecified atom stereocenters. The van der Waals surface area contributed by atoms with Crippen molar-refractivity contribution in [3.8, 4) is 0 Å². The van der Waals surface area contributed by atoms with Crippen molar-refractivity contribution in [2.45, 2.75) is 39.3 Å². The molecule has 2 aromatic rings. The van der Waals surface area contributed by atoms with Crippen molar-refractivity contribution in [3.05, 3.63) is 60.2 Å². The van der Waals surface area contributed by atoms with E-state index in [1.54, 1.807) is 6.92 Å². The number of hydrogen-bond donors (Lipinski definition) is 0. The van der Waals surface area contributed by atoms with E-state index >= 15 is 0 Å². The lowest BCUT2D eigenvalue weighted by molar-refractivity contribution is -0.117. The van der Waals surface area contributed by atoms with Crippen LogP contribution < -0.4 is 9.80 Å². The minimum absolute atomic E-state index is 0.0869. The second-order valence-electron chi connectivity index (χ2n) is 6.17. The average molecular weight is 308 g/mol. The van der Waals surface area contributed by atoms with Gasteiger partial charge in [0.25, 0.3) is 0 Å². The van der Waals surface area contributed by atoms with Gasteiger partial charge in [-0.2, -0.15) is 0 Å². The van der Waals surface area contributed by atoms with E-state index in [0.29, 0.717) is 6.04 Å². The highest BCUT2D eigenvalue weighted by atomic mass is 16.2. The Balaban J connectivity index is 2.09. The molecule has 1 aliphatic heterocycles. The predicted octanol–water partition coefficient (Wildman–Crippen LogP) is 4.40. The number of nitrogens with zero attached hydrogens (tertiary/aromatic N) is 2. The molecule has 0 aromatic heterocycles. The second kappa shape index (κ2) is 6.45. The standard InChI is InChI=1S/C20H24N2O/c1-4-21-15(2)14-20(18-12-8-9-13-19(18)21)22(16(3)23)17-10-6-5-7-11-17/h5-13,15,20H,4,14H2,1-3H3/t15-,20+/m1/s1. The summed E-state index contributed by atoms with van der Waals surface area (Å²) in [4.78, 5) is 16.8. The zero-order chi connectivity index (χ0) is 16.4. The highest BCUT2D eigenvalue weighted by molar-refractivity contribution is 5.92. The van der Waals surface area contributed by atoms with Gasteiger partial charge in [0.2, 0.25) is 5.91 Å². The molecular formula is C20H24N2O. The van der Waals surface area contributed by atoms with Crippen LogP contribution in [0.5, 0.6) is 0 Å². The van der Waals surface area contributed by atoms with Crippen LogP contribution in [0.2, 0.25) is 0 Å². The molecule has 0 saturated heterocycles. The van der Waals surface area contributed by atoms with Crippen molar-refractivity contribution in [3.63, 3.8) is 0 Å². The number of amides is 1. The molecular weight excluding hydrogens is 284 g/mol. The monoisotopic (exact) mass is 308 g/mol. The summed E-state index contributed by atoms with van der Waals surface area (Å²) in [5, 5.41) is 0. The Hall–Kier alpha value is -2.29. The van der Waals surface area contributed by atoms with Gasteiger partial charge in [0.15, 0.2) is 0 Å². The van der Waals surface area contributed by atoms with Gasteiger partial charge in [-0.3, -0.25) is 4.79 Å². The quantitative estimate of drug-likeness (QED) is 0.839. The SMILES string of the molecule is CCN1c2ccccc2[C@@H](N(C(C)=O)c2ccccc2)C[C@H]1C. The summed E-state index contributed by atoms with van der Waals surface area (Å²) in [6, 6.07) is 19.0. The molecule has 0 spiro atoms. The summed E-state index contributed by atoms with van der Waals surface area (Å²) in [7, 11) is 0. The Morgan fingerprint density at radius 2 is 1.78 bits per heavy atom. The van der Waals surface area contributed by atoms with E-state index in [2.05, 4.69) is 43.0 Å². The van der Waals surface area contributed by atoms with Crippen molar-refractivity contribution in [2.75, 3.05) is 16.3 Å². The first-order chi connectivity index (χ1) is 11.1. The number of carbonyl (C=O) groups excluding carboxylic acids is 1. The van der Waals surface area contributed by atoms with Gasteiger partial charge in [-0.25, -0.2) is 0 Å². The molecule has 1 amide bonds. The van der Waals surface area contributed by atoms with Crippen LogP contribution in [0.15, 0.2) is 54.6 Å². The molecule has 2 aromatic carbocycles. The first-order valence-electron chi connectivity index (χ1n) is 8.34. The van der Waals surface area contributed by atoms with E-state index < -0.39 is 0 Å². The summed E-state index contributed by atoms with van der Waals surface area (Å²) < 4.78 is 0. The summed E-state index contributed by atoms with van der Waals surface area (Å²) in [5.74, 6) is 0.0909. The van der Waals surface area contributed by atoms with Gasteiger partial charge in [-0.05, 0) is 44.0 Å². The molecule has 23 heavy (non-hydrogen) atoms. The van der Waals surface area contributed by atoms with Crippen LogP contribution in [0.4, 0.5) is 11.4 Å². The zero-order valence-electron chi connectivity index (χ0n) is 14.1. The van der Waals surface area contributed by atoms with Gasteiger partial charge >= 0.3 is 0 Å². The summed E-state index contributed by atoms with van der Waals surface area (Å²) in [6.07, 6.45) is 0.944. The van der Waals surface area contributed by atoms with Crippen LogP contribution >= 0.6 is 0 Å². The van der Waals surface area contributed by atoms with Crippen molar-refractivity contribution in [2.24, 2.45) is 0 Å². The van der Waals surface area contributed by atoms with Crippen LogP contribution in [-0.2, 0) is 4.79 Å². The highest BCUT2D eigenvalue weighted by Gasteiger charge is 2.34. The van der Waals surface area contributed by atoms with Crippen LogP contribution in [0, 0.1) is 0 Å². The molecule has 0 fully saturated rings. The highest BCUT2D eigenvalue weighted by Crippen LogP contribution is 2.41. The number of hydrogen-bond acceptors (Lipinski definition) is 2. The third kappa shape index (κ3) is 2.83. The fourth-order valence-electron chi connectivity index (χ4n) is 3.74.